The fourth-order valence-electron chi connectivity index (χ4n) is 6.15. The van der Waals surface area contributed by atoms with Crippen molar-refractivity contribution in [2.75, 3.05) is 0 Å². The van der Waals surface area contributed by atoms with Crippen molar-refractivity contribution < 1.29 is 0 Å². The average molecular weight is 467 g/mol. The van der Waals surface area contributed by atoms with E-state index in [0.29, 0.717) is 11.8 Å². The molecule has 0 saturated heterocycles. The summed E-state index contributed by atoms with van der Waals surface area (Å²) in [4.78, 5) is 0. The molecule has 3 aromatic rings. The molecule has 186 valence electrons. The molecule has 2 atom stereocenters. The van der Waals surface area contributed by atoms with Crippen molar-refractivity contribution in [1.29, 1.82) is 0 Å². The smallest absolute Gasteiger partial charge is 0.0463 e. The zero-order valence-corrected chi connectivity index (χ0v) is 22.9. The highest BCUT2D eigenvalue weighted by Gasteiger charge is 2.44. The van der Waals surface area contributed by atoms with Gasteiger partial charge in [0.25, 0.3) is 0 Å². The second-order valence-corrected chi connectivity index (χ2v) is 11.0. The van der Waals surface area contributed by atoms with E-state index in [4.69, 9.17) is 0 Å². The fourth-order valence-corrected chi connectivity index (χ4v) is 6.15. The van der Waals surface area contributed by atoms with Crippen LogP contribution in [0.25, 0.3) is 11.1 Å². The maximum absolute atomic E-state index is 2.58. The van der Waals surface area contributed by atoms with Crippen molar-refractivity contribution in [1.82, 2.24) is 0 Å². The number of benzene rings is 3. The third-order valence-electron chi connectivity index (χ3n) is 8.83. The van der Waals surface area contributed by atoms with Gasteiger partial charge in [-0.25, -0.2) is 0 Å². The lowest BCUT2D eigenvalue weighted by atomic mass is 9.68. The molecule has 0 aromatic heterocycles. The molecule has 0 fully saturated rings. The van der Waals surface area contributed by atoms with Crippen LogP contribution in [0.3, 0.4) is 0 Å². The first-order valence-corrected chi connectivity index (χ1v) is 14.4. The van der Waals surface area contributed by atoms with Gasteiger partial charge in [-0.1, -0.05) is 140 Å². The molecule has 0 heterocycles. The summed E-state index contributed by atoms with van der Waals surface area (Å²) in [6.45, 7) is 11.7. The van der Waals surface area contributed by atoms with E-state index in [0.717, 1.165) is 0 Å². The number of unbranched alkanes of at least 4 members (excludes halogenated alkanes) is 5. The topological polar surface area (TPSA) is 0 Å². The van der Waals surface area contributed by atoms with Gasteiger partial charge in [-0.2, -0.15) is 0 Å². The summed E-state index contributed by atoms with van der Waals surface area (Å²) in [5.74, 6) is 1.17. The highest BCUT2D eigenvalue weighted by Crippen LogP contribution is 2.56. The third kappa shape index (κ3) is 5.00. The number of fused-ring (bicyclic) bond motifs is 3. The van der Waals surface area contributed by atoms with Gasteiger partial charge in [0.1, 0.15) is 0 Å². The molecule has 0 nitrogen and oxygen atoms in total. The van der Waals surface area contributed by atoms with Gasteiger partial charge < -0.3 is 0 Å². The van der Waals surface area contributed by atoms with Crippen LogP contribution in [0.2, 0.25) is 0 Å². The van der Waals surface area contributed by atoms with E-state index in [2.05, 4.69) is 101 Å². The summed E-state index contributed by atoms with van der Waals surface area (Å²) < 4.78 is 0. The van der Waals surface area contributed by atoms with E-state index < -0.39 is 0 Å². The molecule has 0 radical (unpaired) electrons. The van der Waals surface area contributed by atoms with E-state index in [-0.39, 0.29) is 5.41 Å². The van der Waals surface area contributed by atoms with Gasteiger partial charge in [0.15, 0.2) is 0 Å². The average Bonchev–Trinajstić information content (AvgIpc) is 3.19. The molecule has 0 aliphatic heterocycles. The first-order valence-electron chi connectivity index (χ1n) is 14.4. The van der Waals surface area contributed by atoms with Gasteiger partial charge in [-0.3, -0.25) is 0 Å². The van der Waals surface area contributed by atoms with Crippen molar-refractivity contribution in [3.05, 3.63) is 94.5 Å². The normalized spacial score (nSPS) is 18.2. The monoisotopic (exact) mass is 466 g/mol. The van der Waals surface area contributed by atoms with Gasteiger partial charge in [0.2, 0.25) is 0 Å². The van der Waals surface area contributed by atoms with Crippen LogP contribution in [0.1, 0.15) is 132 Å². The molecule has 0 heteroatoms. The predicted molar refractivity (Wildman–Crippen MR) is 154 cm³/mol. The molecule has 4 rings (SSSR count). The highest BCUT2D eigenvalue weighted by molar-refractivity contribution is 5.84. The van der Waals surface area contributed by atoms with Crippen LogP contribution in [0.4, 0.5) is 0 Å². The predicted octanol–water partition coefficient (Wildman–Crippen LogP) is 10.8. The number of hydrogen-bond donors (Lipinski definition) is 0. The van der Waals surface area contributed by atoms with Crippen molar-refractivity contribution in [3.8, 4) is 11.1 Å². The molecule has 0 spiro atoms. The van der Waals surface area contributed by atoms with Crippen LogP contribution in [-0.2, 0) is 5.41 Å². The van der Waals surface area contributed by atoms with E-state index >= 15 is 0 Å². The molecule has 3 aromatic carbocycles. The second-order valence-electron chi connectivity index (χ2n) is 11.0. The lowest BCUT2D eigenvalue weighted by Gasteiger charge is -2.34. The van der Waals surface area contributed by atoms with E-state index in [1.165, 1.54) is 85.6 Å². The second kappa shape index (κ2) is 11.6. The Morgan fingerprint density at radius 2 is 1.11 bits per heavy atom. The molecule has 0 bridgehead atoms. The quantitative estimate of drug-likeness (QED) is 0.233. The van der Waals surface area contributed by atoms with Gasteiger partial charge >= 0.3 is 0 Å². The molecule has 0 amide bonds. The molecule has 1 aliphatic rings. The molecular formula is C35H46. The van der Waals surface area contributed by atoms with Crippen LogP contribution in [-0.4, -0.2) is 0 Å². The minimum atomic E-state index is -0.0520. The highest BCUT2D eigenvalue weighted by atomic mass is 14.5. The minimum Gasteiger partial charge on any atom is -0.0654 e. The Morgan fingerprint density at radius 3 is 1.63 bits per heavy atom. The Bertz CT molecular complexity index is 1030. The largest absolute Gasteiger partial charge is 0.0654 e. The van der Waals surface area contributed by atoms with E-state index in [1.807, 2.05) is 0 Å². The van der Waals surface area contributed by atoms with Crippen molar-refractivity contribution in [2.45, 2.75) is 110 Å². The van der Waals surface area contributed by atoms with E-state index in [1.54, 1.807) is 11.1 Å². The Labute approximate surface area is 215 Å². The lowest BCUT2D eigenvalue weighted by molar-refractivity contribution is 0.505. The summed E-state index contributed by atoms with van der Waals surface area (Å²) in [6.07, 6.45) is 11.6. The van der Waals surface area contributed by atoms with Crippen LogP contribution in [0.15, 0.2) is 66.7 Å². The maximum Gasteiger partial charge on any atom is 0.0463 e. The first kappa shape index (κ1) is 25.7. The van der Waals surface area contributed by atoms with Crippen LogP contribution < -0.4 is 0 Å². The van der Waals surface area contributed by atoms with Gasteiger partial charge in [-0.05, 0) is 70.0 Å². The zero-order chi connectivity index (χ0) is 24.8. The van der Waals surface area contributed by atoms with Crippen molar-refractivity contribution in [2.24, 2.45) is 0 Å². The summed E-state index contributed by atoms with van der Waals surface area (Å²) in [5, 5.41) is 0. The van der Waals surface area contributed by atoms with Gasteiger partial charge in [-0.15, -0.1) is 0 Å². The molecule has 0 saturated carbocycles. The van der Waals surface area contributed by atoms with Crippen LogP contribution in [0, 0.1) is 0 Å². The van der Waals surface area contributed by atoms with Crippen LogP contribution in [0.5, 0.6) is 0 Å². The minimum absolute atomic E-state index is 0.0520. The van der Waals surface area contributed by atoms with Crippen molar-refractivity contribution in [3.63, 3.8) is 0 Å². The molecule has 1 aliphatic carbocycles. The molecule has 2 unspecified atom stereocenters. The summed E-state index contributed by atoms with van der Waals surface area (Å²) >= 11 is 0. The molecule has 35 heavy (non-hydrogen) atoms. The molecular weight excluding hydrogens is 420 g/mol. The third-order valence-corrected chi connectivity index (χ3v) is 8.83. The fraction of sp³-hybridized carbons (Fsp3) is 0.486. The lowest BCUT2D eigenvalue weighted by Crippen LogP contribution is -2.27. The maximum atomic E-state index is 2.58. The summed E-state index contributed by atoms with van der Waals surface area (Å²) in [5.41, 5.74) is 10.4. The number of hydrogen-bond acceptors (Lipinski definition) is 0. The van der Waals surface area contributed by atoms with Gasteiger partial charge in [0.05, 0.1) is 0 Å². The standard InChI is InChI=1S/C35H46/c1-6-9-10-11-12-16-23-35(30-17-14-13-15-18-30)33-24-28(26(4)7-2)19-21-31(33)32-22-20-29(25-34(32)35)27(5)8-3/h13-15,17-22,24-27H,6-12,16,23H2,1-5H3. The first-order chi connectivity index (χ1) is 17.1. The van der Waals surface area contributed by atoms with Crippen molar-refractivity contribution >= 4 is 0 Å². The Hall–Kier alpha value is -2.34. The summed E-state index contributed by atoms with van der Waals surface area (Å²) in [7, 11) is 0. The van der Waals surface area contributed by atoms with Gasteiger partial charge in [0, 0.05) is 5.41 Å². The van der Waals surface area contributed by atoms with E-state index in [9.17, 15) is 0 Å². The summed E-state index contributed by atoms with van der Waals surface area (Å²) in [6, 6.07) is 26.3. The Kier molecular flexibility index (Phi) is 8.53. The zero-order valence-electron chi connectivity index (χ0n) is 22.9. The Balaban J connectivity index is 1.88. The van der Waals surface area contributed by atoms with Crippen LogP contribution >= 0.6 is 0 Å². The SMILES string of the molecule is CCCCCCCCC1(c2ccccc2)c2cc(C(C)CC)ccc2-c2ccc(C(C)CC)cc21. The number of rotatable bonds is 12. The molecule has 0 N–H and O–H groups in total. The Morgan fingerprint density at radius 1 is 0.600 bits per heavy atom.